The van der Waals surface area contributed by atoms with Crippen LogP contribution in [0.2, 0.25) is 0 Å². The van der Waals surface area contributed by atoms with Gasteiger partial charge in [0.1, 0.15) is 6.54 Å². The lowest BCUT2D eigenvalue weighted by atomic mass is 10.1. The molecule has 0 radical (unpaired) electrons. The van der Waals surface area contributed by atoms with E-state index in [-0.39, 0.29) is 18.4 Å². The minimum absolute atomic E-state index is 0.000281. The molecule has 102 valence electrons. The summed E-state index contributed by atoms with van der Waals surface area (Å²) in [7, 11) is 0. The van der Waals surface area contributed by atoms with Gasteiger partial charge in [0.15, 0.2) is 5.96 Å². The van der Waals surface area contributed by atoms with Crippen LogP contribution < -0.4 is 16.4 Å². The molecule has 0 aromatic heterocycles. The molecule has 1 aromatic rings. The Kier molecular flexibility index (Phi) is 6.15. The first-order valence-electron chi connectivity index (χ1n) is 6.19. The fourth-order valence-corrected chi connectivity index (χ4v) is 1.41. The Morgan fingerprint density at radius 2 is 2.11 bits per heavy atom. The Bertz CT molecular complexity index is 451. The number of aliphatic imine (C=N–C) groups is 1. The van der Waals surface area contributed by atoms with Gasteiger partial charge in [0.05, 0.1) is 0 Å². The Balaban J connectivity index is 2.46. The number of nitrogens with two attached hydrogens (primary N) is 1. The number of amides is 1. The molecule has 0 bridgehead atoms. The molecule has 0 unspecified atom stereocenters. The topological polar surface area (TPSA) is 79.5 Å². The van der Waals surface area contributed by atoms with Crippen LogP contribution in [0.5, 0.6) is 0 Å². The number of aryl methyl sites for hydroxylation is 1. The molecule has 0 saturated heterocycles. The van der Waals surface area contributed by atoms with Crippen LogP contribution in [0.25, 0.3) is 0 Å². The first kappa shape index (κ1) is 14.8. The van der Waals surface area contributed by atoms with Crippen molar-refractivity contribution in [3.8, 4) is 0 Å². The van der Waals surface area contributed by atoms with Crippen LogP contribution in [0.15, 0.2) is 41.9 Å². The van der Waals surface area contributed by atoms with Gasteiger partial charge in [-0.25, -0.2) is 4.99 Å². The SMILES string of the molecule is C=CCNC(=O)CN=C(N)Nc1ccc(CC)cc1. The van der Waals surface area contributed by atoms with Gasteiger partial charge in [-0.1, -0.05) is 25.1 Å². The number of hydrogen-bond acceptors (Lipinski definition) is 2. The maximum absolute atomic E-state index is 11.3. The van der Waals surface area contributed by atoms with Crippen LogP contribution in [-0.2, 0) is 11.2 Å². The van der Waals surface area contributed by atoms with Crippen LogP contribution in [0.1, 0.15) is 12.5 Å². The van der Waals surface area contributed by atoms with E-state index in [1.165, 1.54) is 5.56 Å². The quantitative estimate of drug-likeness (QED) is 0.409. The monoisotopic (exact) mass is 260 g/mol. The summed E-state index contributed by atoms with van der Waals surface area (Å²) >= 11 is 0. The summed E-state index contributed by atoms with van der Waals surface area (Å²) < 4.78 is 0. The van der Waals surface area contributed by atoms with E-state index in [9.17, 15) is 4.79 Å². The molecule has 4 N–H and O–H groups in total. The molecule has 0 saturated carbocycles. The minimum atomic E-state index is -0.189. The molecular formula is C14H20N4O. The van der Waals surface area contributed by atoms with E-state index < -0.39 is 0 Å². The van der Waals surface area contributed by atoms with E-state index in [0.717, 1.165) is 12.1 Å². The van der Waals surface area contributed by atoms with Crippen molar-refractivity contribution in [2.24, 2.45) is 10.7 Å². The molecule has 1 aromatic carbocycles. The van der Waals surface area contributed by atoms with E-state index in [2.05, 4.69) is 29.1 Å². The fraction of sp³-hybridized carbons (Fsp3) is 0.286. The zero-order chi connectivity index (χ0) is 14.1. The summed E-state index contributed by atoms with van der Waals surface area (Å²) in [5.41, 5.74) is 7.80. The van der Waals surface area contributed by atoms with Crippen molar-refractivity contribution in [3.05, 3.63) is 42.5 Å². The van der Waals surface area contributed by atoms with Crippen molar-refractivity contribution in [2.45, 2.75) is 13.3 Å². The summed E-state index contributed by atoms with van der Waals surface area (Å²) in [5.74, 6) is 0.0315. The van der Waals surface area contributed by atoms with Gasteiger partial charge in [0.25, 0.3) is 0 Å². The van der Waals surface area contributed by atoms with Gasteiger partial charge in [-0.05, 0) is 24.1 Å². The lowest BCUT2D eigenvalue weighted by Crippen LogP contribution is -2.29. The highest BCUT2D eigenvalue weighted by Gasteiger charge is 1.99. The maximum atomic E-state index is 11.3. The predicted molar refractivity (Wildman–Crippen MR) is 79.1 cm³/mol. The van der Waals surface area contributed by atoms with E-state index in [4.69, 9.17) is 5.73 Å². The molecule has 0 spiro atoms. The molecule has 0 aliphatic rings. The first-order chi connectivity index (χ1) is 9.15. The van der Waals surface area contributed by atoms with Crippen LogP contribution in [0, 0.1) is 0 Å². The Hall–Kier alpha value is -2.30. The van der Waals surface area contributed by atoms with Gasteiger partial charge in [-0.3, -0.25) is 4.79 Å². The maximum Gasteiger partial charge on any atom is 0.242 e. The average Bonchev–Trinajstić information content (AvgIpc) is 2.43. The third-order valence-electron chi connectivity index (χ3n) is 2.47. The third-order valence-corrected chi connectivity index (χ3v) is 2.47. The van der Waals surface area contributed by atoms with E-state index in [0.29, 0.717) is 6.54 Å². The number of anilines is 1. The van der Waals surface area contributed by atoms with Crippen LogP contribution in [0.3, 0.4) is 0 Å². The van der Waals surface area contributed by atoms with Crippen molar-refractivity contribution < 1.29 is 4.79 Å². The number of guanidine groups is 1. The van der Waals surface area contributed by atoms with Crippen LogP contribution >= 0.6 is 0 Å². The summed E-state index contributed by atoms with van der Waals surface area (Å²) in [5, 5.41) is 5.55. The molecular weight excluding hydrogens is 240 g/mol. The highest BCUT2D eigenvalue weighted by molar-refractivity contribution is 5.93. The van der Waals surface area contributed by atoms with Crippen molar-refractivity contribution in [1.29, 1.82) is 0 Å². The van der Waals surface area contributed by atoms with Crippen molar-refractivity contribution in [3.63, 3.8) is 0 Å². The zero-order valence-electron chi connectivity index (χ0n) is 11.1. The second kappa shape index (κ2) is 7.92. The molecule has 5 heteroatoms. The predicted octanol–water partition coefficient (Wildman–Crippen LogP) is 1.28. The average molecular weight is 260 g/mol. The normalized spacial score (nSPS) is 10.9. The first-order valence-corrected chi connectivity index (χ1v) is 6.19. The van der Waals surface area contributed by atoms with Crippen LogP contribution in [-0.4, -0.2) is 25.0 Å². The highest BCUT2D eigenvalue weighted by atomic mass is 16.1. The fourth-order valence-electron chi connectivity index (χ4n) is 1.41. The molecule has 0 aliphatic heterocycles. The van der Waals surface area contributed by atoms with Gasteiger partial charge in [-0.2, -0.15) is 0 Å². The number of carbonyl (C=O) groups is 1. The highest BCUT2D eigenvalue weighted by Crippen LogP contribution is 2.09. The molecule has 19 heavy (non-hydrogen) atoms. The van der Waals surface area contributed by atoms with E-state index in [1.807, 2.05) is 24.3 Å². The van der Waals surface area contributed by atoms with Gasteiger partial charge < -0.3 is 16.4 Å². The van der Waals surface area contributed by atoms with Gasteiger partial charge >= 0.3 is 0 Å². The van der Waals surface area contributed by atoms with E-state index >= 15 is 0 Å². The standard InChI is InChI=1S/C14H20N4O/c1-3-9-16-13(19)10-17-14(15)18-12-7-5-11(4-2)6-8-12/h3,5-8H,1,4,9-10H2,2H3,(H,16,19)(H3,15,17,18). The number of carbonyl (C=O) groups excluding carboxylic acids is 1. The molecule has 0 heterocycles. The molecule has 0 fully saturated rings. The van der Waals surface area contributed by atoms with Crippen molar-refractivity contribution in [2.75, 3.05) is 18.4 Å². The van der Waals surface area contributed by atoms with E-state index in [1.54, 1.807) is 6.08 Å². The summed E-state index contributed by atoms with van der Waals surface area (Å²) in [4.78, 5) is 15.2. The zero-order valence-corrected chi connectivity index (χ0v) is 11.1. The Morgan fingerprint density at radius 3 is 2.68 bits per heavy atom. The number of hydrogen-bond donors (Lipinski definition) is 3. The summed E-state index contributed by atoms with van der Waals surface area (Å²) in [6.07, 6.45) is 2.60. The molecule has 5 nitrogen and oxygen atoms in total. The number of nitrogens with one attached hydrogen (secondary N) is 2. The van der Waals surface area contributed by atoms with Crippen LogP contribution in [0.4, 0.5) is 5.69 Å². The van der Waals surface area contributed by atoms with Crippen molar-refractivity contribution >= 4 is 17.6 Å². The lowest BCUT2D eigenvalue weighted by Gasteiger charge is -2.06. The third kappa shape index (κ3) is 5.72. The molecule has 1 rings (SSSR count). The second-order valence-corrected chi connectivity index (χ2v) is 3.97. The van der Waals surface area contributed by atoms with Gasteiger partial charge in [-0.15, -0.1) is 6.58 Å². The summed E-state index contributed by atoms with van der Waals surface area (Å²) in [6.45, 7) is 6.04. The Morgan fingerprint density at radius 1 is 1.42 bits per heavy atom. The minimum Gasteiger partial charge on any atom is -0.370 e. The largest absolute Gasteiger partial charge is 0.370 e. The van der Waals surface area contributed by atoms with Crippen molar-refractivity contribution in [1.82, 2.24) is 5.32 Å². The second-order valence-electron chi connectivity index (χ2n) is 3.97. The molecule has 1 amide bonds. The number of rotatable bonds is 6. The van der Waals surface area contributed by atoms with Gasteiger partial charge in [0.2, 0.25) is 5.91 Å². The number of nitrogens with zero attached hydrogens (tertiary/aromatic N) is 1. The molecule has 0 aliphatic carbocycles. The summed E-state index contributed by atoms with van der Waals surface area (Å²) in [6, 6.07) is 7.90. The smallest absolute Gasteiger partial charge is 0.242 e. The number of benzene rings is 1. The van der Waals surface area contributed by atoms with Gasteiger partial charge in [0, 0.05) is 12.2 Å². The Labute approximate surface area is 113 Å². The molecule has 0 atom stereocenters. The lowest BCUT2D eigenvalue weighted by molar-refractivity contribution is -0.119.